The van der Waals surface area contributed by atoms with Gasteiger partial charge in [0.25, 0.3) is 0 Å². The molecule has 1 N–H and O–H groups in total. The van der Waals surface area contributed by atoms with Crippen molar-refractivity contribution < 1.29 is 0 Å². The molecular weight excluding hydrogens is 238 g/mol. The normalized spacial score (nSPS) is 11.1. The monoisotopic (exact) mass is 261 g/mol. The molecule has 0 radical (unpaired) electrons. The molecule has 19 heavy (non-hydrogen) atoms. The lowest BCUT2D eigenvalue weighted by atomic mass is 10.1. The highest BCUT2D eigenvalue weighted by Gasteiger charge is 2.11. The average molecular weight is 261 g/mol. The zero-order valence-corrected chi connectivity index (χ0v) is 12.1. The van der Waals surface area contributed by atoms with Crippen LogP contribution < -0.4 is 5.32 Å². The van der Waals surface area contributed by atoms with Crippen LogP contribution >= 0.6 is 0 Å². The third-order valence-corrected chi connectivity index (χ3v) is 3.23. The van der Waals surface area contributed by atoms with Gasteiger partial charge in [-0.15, -0.1) is 0 Å². The predicted molar refractivity (Wildman–Crippen MR) is 77.6 cm³/mol. The van der Waals surface area contributed by atoms with Gasteiger partial charge in [0.15, 0.2) is 5.65 Å². The molecule has 0 aliphatic carbocycles. The third-order valence-electron chi connectivity index (χ3n) is 3.23. The standard InChI is InChI=1S/C14H23N5/c1-4-6-7-9-11-10-16-19-13(11)17-12(8-5-2)18-14(19)15-3/h10H,4-9H2,1-3H3,(H,15,17,18). The first-order chi connectivity index (χ1) is 9.30. The summed E-state index contributed by atoms with van der Waals surface area (Å²) in [6.45, 7) is 4.36. The molecule has 5 nitrogen and oxygen atoms in total. The third kappa shape index (κ3) is 3.03. The quantitative estimate of drug-likeness (QED) is 0.779. The number of nitrogens with zero attached hydrogens (tertiary/aromatic N) is 4. The first-order valence-electron chi connectivity index (χ1n) is 7.21. The van der Waals surface area contributed by atoms with Crippen molar-refractivity contribution in [2.45, 2.75) is 52.4 Å². The zero-order valence-electron chi connectivity index (χ0n) is 12.1. The molecule has 0 bridgehead atoms. The minimum absolute atomic E-state index is 0.773. The SMILES string of the molecule is CCCCCc1cnn2c(NC)nc(CCC)nc12. The lowest BCUT2D eigenvalue weighted by molar-refractivity contribution is 0.718. The Morgan fingerprint density at radius 3 is 2.63 bits per heavy atom. The van der Waals surface area contributed by atoms with Crippen molar-refractivity contribution in [3.05, 3.63) is 17.6 Å². The van der Waals surface area contributed by atoms with Crippen molar-refractivity contribution in [2.75, 3.05) is 12.4 Å². The van der Waals surface area contributed by atoms with Gasteiger partial charge < -0.3 is 5.32 Å². The summed E-state index contributed by atoms with van der Waals surface area (Å²) in [4.78, 5) is 9.16. The maximum absolute atomic E-state index is 4.66. The van der Waals surface area contributed by atoms with Crippen molar-refractivity contribution in [1.82, 2.24) is 19.6 Å². The van der Waals surface area contributed by atoms with E-state index >= 15 is 0 Å². The second-order valence-electron chi connectivity index (χ2n) is 4.83. The van der Waals surface area contributed by atoms with E-state index in [1.807, 2.05) is 13.2 Å². The average Bonchev–Trinajstić information content (AvgIpc) is 2.82. The van der Waals surface area contributed by atoms with Crippen molar-refractivity contribution in [2.24, 2.45) is 0 Å². The summed E-state index contributed by atoms with van der Waals surface area (Å²) in [5.41, 5.74) is 2.18. The maximum atomic E-state index is 4.66. The Hall–Kier alpha value is -1.65. The van der Waals surface area contributed by atoms with Crippen molar-refractivity contribution in [3.63, 3.8) is 0 Å². The zero-order chi connectivity index (χ0) is 13.7. The lowest BCUT2D eigenvalue weighted by Crippen LogP contribution is -2.08. The molecule has 2 heterocycles. The molecule has 0 saturated heterocycles. The van der Waals surface area contributed by atoms with E-state index in [9.17, 15) is 0 Å². The van der Waals surface area contributed by atoms with Gasteiger partial charge in [-0.1, -0.05) is 26.7 Å². The van der Waals surface area contributed by atoms with Crippen molar-refractivity contribution in [1.29, 1.82) is 0 Å². The van der Waals surface area contributed by atoms with Crippen LogP contribution in [0.3, 0.4) is 0 Å². The molecule has 2 aromatic heterocycles. The number of nitrogens with one attached hydrogen (secondary N) is 1. The number of anilines is 1. The Labute approximate surface area is 114 Å². The minimum atomic E-state index is 0.773. The molecule has 0 unspecified atom stereocenters. The van der Waals surface area contributed by atoms with Crippen molar-refractivity contribution in [3.8, 4) is 0 Å². The first kappa shape index (κ1) is 13.8. The van der Waals surface area contributed by atoms with E-state index in [1.165, 1.54) is 24.8 Å². The molecule has 0 atom stereocenters. The molecule has 5 heteroatoms. The molecule has 0 fully saturated rings. The molecule has 2 aromatic rings. The molecule has 0 aromatic carbocycles. The van der Waals surface area contributed by atoms with E-state index in [1.54, 1.807) is 4.52 Å². The van der Waals surface area contributed by atoms with Gasteiger partial charge >= 0.3 is 0 Å². The fourth-order valence-electron chi connectivity index (χ4n) is 2.21. The van der Waals surface area contributed by atoms with Crippen LogP contribution in [-0.4, -0.2) is 26.6 Å². The molecular formula is C14H23N5. The van der Waals surface area contributed by atoms with Crippen LogP contribution in [-0.2, 0) is 12.8 Å². The number of unbranched alkanes of at least 4 members (excludes halogenated alkanes) is 2. The Morgan fingerprint density at radius 2 is 1.95 bits per heavy atom. The molecule has 2 rings (SSSR count). The Balaban J connectivity index is 2.35. The van der Waals surface area contributed by atoms with Gasteiger partial charge in [-0.05, 0) is 19.3 Å². The summed E-state index contributed by atoms with van der Waals surface area (Å²) in [7, 11) is 1.87. The van der Waals surface area contributed by atoms with E-state index in [2.05, 4.69) is 34.2 Å². The van der Waals surface area contributed by atoms with Gasteiger partial charge in [-0.2, -0.15) is 14.6 Å². The molecule has 0 spiro atoms. The highest BCUT2D eigenvalue weighted by atomic mass is 15.3. The number of hydrogen-bond acceptors (Lipinski definition) is 4. The van der Waals surface area contributed by atoms with E-state index in [0.717, 1.165) is 36.7 Å². The number of rotatable bonds is 7. The highest BCUT2D eigenvalue weighted by Crippen LogP contribution is 2.16. The molecule has 0 amide bonds. The van der Waals surface area contributed by atoms with Crippen LogP contribution in [0.1, 0.15) is 50.9 Å². The number of hydrogen-bond donors (Lipinski definition) is 1. The summed E-state index contributed by atoms with van der Waals surface area (Å²) in [6.07, 6.45) is 8.61. The largest absolute Gasteiger partial charge is 0.357 e. The highest BCUT2D eigenvalue weighted by molar-refractivity contribution is 5.50. The Kier molecular flexibility index (Phi) is 4.71. The predicted octanol–water partition coefficient (Wildman–Crippen LogP) is 2.85. The van der Waals surface area contributed by atoms with E-state index in [-0.39, 0.29) is 0 Å². The summed E-state index contributed by atoms with van der Waals surface area (Å²) in [6, 6.07) is 0. The van der Waals surface area contributed by atoms with Gasteiger partial charge in [0, 0.05) is 19.0 Å². The number of fused-ring (bicyclic) bond motifs is 1. The van der Waals surface area contributed by atoms with Gasteiger partial charge in [0.05, 0.1) is 6.20 Å². The molecule has 0 aliphatic heterocycles. The smallest absolute Gasteiger partial charge is 0.227 e. The minimum Gasteiger partial charge on any atom is -0.357 e. The van der Waals surface area contributed by atoms with Crippen LogP contribution in [0.4, 0.5) is 5.95 Å². The molecule has 0 saturated carbocycles. The van der Waals surface area contributed by atoms with E-state index in [0.29, 0.717) is 0 Å². The fourth-order valence-corrected chi connectivity index (χ4v) is 2.21. The number of aromatic nitrogens is 4. The van der Waals surface area contributed by atoms with Gasteiger partial charge in [-0.25, -0.2) is 4.98 Å². The van der Waals surface area contributed by atoms with Gasteiger partial charge in [0.2, 0.25) is 5.95 Å². The fraction of sp³-hybridized carbons (Fsp3) is 0.643. The van der Waals surface area contributed by atoms with Crippen LogP contribution in [0.25, 0.3) is 5.65 Å². The summed E-state index contributed by atoms with van der Waals surface area (Å²) < 4.78 is 1.81. The maximum Gasteiger partial charge on any atom is 0.227 e. The van der Waals surface area contributed by atoms with E-state index in [4.69, 9.17) is 0 Å². The summed E-state index contributed by atoms with van der Waals surface area (Å²) >= 11 is 0. The molecule has 104 valence electrons. The second-order valence-corrected chi connectivity index (χ2v) is 4.83. The summed E-state index contributed by atoms with van der Waals surface area (Å²) in [5.74, 6) is 1.67. The van der Waals surface area contributed by atoms with Crippen LogP contribution in [0.2, 0.25) is 0 Å². The lowest BCUT2D eigenvalue weighted by Gasteiger charge is -2.06. The number of aryl methyl sites for hydroxylation is 2. The van der Waals surface area contributed by atoms with Crippen LogP contribution in [0, 0.1) is 0 Å². The van der Waals surface area contributed by atoms with Crippen molar-refractivity contribution >= 4 is 11.6 Å². The molecule has 0 aliphatic rings. The van der Waals surface area contributed by atoms with Crippen LogP contribution in [0.15, 0.2) is 6.20 Å². The van der Waals surface area contributed by atoms with Crippen LogP contribution in [0.5, 0.6) is 0 Å². The van der Waals surface area contributed by atoms with Gasteiger partial charge in [0.1, 0.15) is 5.82 Å². The Morgan fingerprint density at radius 1 is 1.11 bits per heavy atom. The topological polar surface area (TPSA) is 55.1 Å². The summed E-state index contributed by atoms with van der Waals surface area (Å²) in [5, 5.41) is 7.50. The first-order valence-corrected chi connectivity index (χ1v) is 7.21. The van der Waals surface area contributed by atoms with Gasteiger partial charge in [-0.3, -0.25) is 0 Å². The van der Waals surface area contributed by atoms with E-state index < -0.39 is 0 Å². The Bertz CT molecular complexity index is 532. The second kappa shape index (κ2) is 6.50.